The lowest BCUT2D eigenvalue weighted by Crippen LogP contribution is -2.07. The summed E-state index contributed by atoms with van der Waals surface area (Å²) >= 11 is 1.57. The molecule has 0 bridgehead atoms. The van der Waals surface area contributed by atoms with Crippen LogP contribution in [0.4, 0.5) is 0 Å². The van der Waals surface area contributed by atoms with Gasteiger partial charge in [0.1, 0.15) is 10.9 Å². The van der Waals surface area contributed by atoms with Crippen molar-refractivity contribution in [2.24, 2.45) is 0 Å². The summed E-state index contributed by atoms with van der Waals surface area (Å²) in [7, 11) is 0. The van der Waals surface area contributed by atoms with Crippen molar-refractivity contribution in [3.8, 4) is 6.07 Å². The van der Waals surface area contributed by atoms with Gasteiger partial charge in [-0.2, -0.15) is 5.26 Å². The number of thiazole rings is 1. The van der Waals surface area contributed by atoms with Crippen LogP contribution in [0.15, 0.2) is 0 Å². The lowest BCUT2D eigenvalue weighted by molar-refractivity contribution is 0.418. The molecule has 1 saturated carbocycles. The van der Waals surface area contributed by atoms with Gasteiger partial charge < -0.3 is 0 Å². The second-order valence-corrected chi connectivity index (χ2v) is 4.24. The molecule has 0 N–H and O–H groups in total. The minimum absolute atomic E-state index is 0.663. The van der Waals surface area contributed by atoms with Gasteiger partial charge in [-0.3, -0.25) is 0 Å². The van der Waals surface area contributed by atoms with Gasteiger partial charge in [-0.25, -0.2) is 4.98 Å². The van der Waals surface area contributed by atoms with E-state index in [0.717, 1.165) is 10.6 Å². The molecule has 0 aliphatic heterocycles. The zero-order valence-corrected chi connectivity index (χ0v) is 7.82. The number of hydrogen-bond donors (Lipinski definition) is 0. The smallest absolute Gasteiger partial charge is 0.127 e. The van der Waals surface area contributed by atoms with E-state index in [4.69, 9.17) is 5.26 Å². The van der Waals surface area contributed by atoms with Gasteiger partial charge in [0.25, 0.3) is 0 Å². The molecule has 3 heteroatoms. The van der Waals surface area contributed by atoms with Crippen LogP contribution in [0, 0.1) is 18.3 Å². The van der Waals surface area contributed by atoms with E-state index >= 15 is 0 Å². The van der Waals surface area contributed by atoms with Gasteiger partial charge in [0, 0.05) is 5.92 Å². The molecule has 0 atom stereocenters. The van der Waals surface area contributed by atoms with Crippen molar-refractivity contribution in [2.45, 2.75) is 32.1 Å². The molecule has 0 radical (unpaired) electrons. The molecule has 1 aromatic heterocycles. The molecular weight excluding hydrogens is 168 g/mol. The van der Waals surface area contributed by atoms with Crippen LogP contribution in [0.3, 0.4) is 0 Å². The highest BCUT2D eigenvalue weighted by Crippen LogP contribution is 2.38. The third kappa shape index (κ3) is 1.12. The average Bonchev–Trinajstić information content (AvgIpc) is 2.27. The van der Waals surface area contributed by atoms with Crippen molar-refractivity contribution < 1.29 is 0 Å². The highest BCUT2D eigenvalue weighted by atomic mass is 32.1. The van der Waals surface area contributed by atoms with Crippen molar-refractivity contribution in [2.75, 3.05) is 0 Å². The fraction of sp³-hybridized carbons (Fsp3) is 0.556. The predicted octanol–water partition coefficient (Wildman–Crippen LogP) is 2.59. The Labute approximate surface area is 75.9 Å². The molecule has 0 saturated heterocycles. The summed E-state index contributed by atoms with van der Waals surface area (Å²) < 4.78 is 0. The van der Waals surface area contributed by atoms with E-state index in [2.05, 4.69) is 11.1 Å². The van der Waals surface area contributed by atoms with Gasteiger partial charge in [-0.05, 0) is 19.8 Å². The van der Waals surface area contributed by atoms with Crippen molar-refractivity contribution in [3.05, 3.63) is 15.6 Å². The Morgan fingerprint density at radius 3 is 2.75 bits per heavy atom. The molecule has 0 amide bonds. The van der Waals surface area contributed by atoms with Crippen molar-refractivity contribution in [3.63, 3.8) is 0 Å². The Kier molecular flexibility index (Phi) is 1.86. The average molecular weight is 178 g/mol. The van der Waals surface area contributed by atoms with Crippen LogP contribution in [0.1, 0.15) is 40.8 Å². The summed E-state index contributed by atoms with van der Waals surface area (Å²) in [4.78, 5) is 5.19. The minimum Gasteiger partial charge on any atom is -0.245 e. The highest BCUT2D eigenvalue weighted by molar-refractivity contribution is 7.12. The predicted molar refractivity (Wildman–Crippen MR) is 48.2 cm³/mol. The summed E-state index contributed by atoms with van der Waals surface area (Å²) in [5.74, 6) is 0.663. The van der Waals surface area contributed by atoms with E-state index in [1.165, 1.54) is 24.3 Å². The van der Waals surface area contributed by atoms with E-state index in [1.807, 2.05) is 6.92 Å². The monoisotopic (exact) mass is 178 g/mol. The molecule has 1 aliphatic carbocycles. The second kappa shape index (κ2) is 2.87. The number of nitrogens with zero attached hydrogens (tertiary/aromatic N) is 2. The Morgan fingerprint density at radius 1 is 1.58 bits per heavy atom. The number of aromatic nitrogens is 1. The summed E-state index contributed by atoms with van der Waals surface area (Å²) in [6.07, 6.45) is 3.85. The molecule has 1 aromatic rings. The van der Waals surface area contributed by atoms with Crippen LogP contribution >= 0.6 is 11.3 Å². The topological polar surface area (TPSA) is 36.7 Å². The van der Waals surface area contributed by atoms with Crippen LogP contribution in [0.25, 0.3) is 0 Å². The van der Waals surface area contributed by atoms with Crippen LogP contribution < -0.4 is 0 Å². The van der Waals surface area contributed by atoms with Gasteiger partial charge in [-0.15, -0.1) is 11.3 Å². The fourth-order valence-corrected chi connectivity index (χ4v) is 2.38. The summed E-state index contributed by atoms with van der Waals surface area (Å²) in [6.45, 7) is 1.91. The first kappa shape index (κ1) is 7.75. The third-order valence-corrected chi connectivity index (χ3v) is 3.59. The maximum absolute atomic E-state index is 8.72. The van der Waals surface area contributed by atoms with E-state index < -0.39 is 0 Å². The fourth-order valence-electron chi connectivity index (χ4n) is 1.35. The SMILES string of the molecule is Cc1nc(C2CCC2)sc1C#N. The standard InChI is InChI=1S/C9H10N2S/c1-6-8(5-10)12-9(11-6)7-3-2-4-7/h7H,2-4H2,1H3. The minimum atomic E-state index is 0.663. The Morgan fingerprint density at radius 2 is 2.33 bits per heavy atom. The van der Waals surface area contributed by atoms with E-state index in [0.29, 0.717) is 5.92 Å². The van der Waals surface area contributed by atoms with E-state index in [-0.39, 0.29) is 0 Å². The lowest BCUT2D eigenvalue weighted by Gasteiger charge is -2.22. The quantitative estimate of drug-likeness (QED) is 0.662. The first-order valence-electron chi connectivity index (χ1n) is 4.18. The van der Waals surface area contributed by atoms with E-state index in [1.54, 1.807) is 11.3 Å². The maximum Gasteiger partial charge on any atom is 0.127 e. The summed E-state index contributed by atoms with van der Waals surface area (Å²) in [5.41, 5.74) is 0.907. The molecular formula is C9H10N2S. The van der Waals surface area contributed by atoms with Crippen LogP contribution in [0.5, 0.6) is 0 Å². The normalized spacial score (nSPS) is 17.0. The van der Waals surface area contributed by atoms with Gasteiger partial charge in [0.2, 0.25) is 0 Å². The molecule has 12 heavy (non-hydrogen) atoms. The Bertz CT molecular complexity index is 331. The highest BCUT2D eigenvalue weighted by Gasteiger charge is 2.23. The van der Waals surface area contributed by atoms with Gasteiger partial charge in [0.15, 0.2) is 0 Å². The number of nitriles is 1. The first-order valence-corrected chi connectivity index (χ1v) is 5.00. The molecule has 0 spiro atoms. The number of rotatable bonds is 1. The van der Waals surface area contributed by atoms with Gasteiger partial charge in [-0.1, -0.05) is 6.42 Å². The van der Waals surface area contributed by atoms with Gasteiger partial charge in [0.05, 0.1) is 10.7 Å². The van der Waals surface area contributed by atoms with Gasteiger partial charge >= 0.3 is 0 Å². The molecule has 1 fully saturated rings. The molecule has 62 valence electrons. The lowest BCUT2D eigenvalue weighted by atomic mass is 9.86. The molecule has 0 unspecified atom stereocenters. The van der Waals surface area contributed by atoms with E-state index in [9.17, 15) is 0 Å². The third-order valence-electron chi connectivity index (χ3n) is 2.37. The van der Waals surface area contributed by atoms with Crippen molar-refractivity contribution in [1.82, 2.24) is 4.98 Å². The number of hydrogen-bond acceptors (Lipinski definition) is 3. The zero-order valence-electron chi connectivity index (χ0n) is 7.00. The van der Waals surface area contributed by atoms with Crippen LogP contribution in [-0.4, -0.2) is 4.98 Å². The largest absolute Gasteiger partial charge is 0.245 e. The Hall–Kier alpha value is -0.880. The van der Waals surface area contributed by atoms with Crippen molar-refractivity contribution in [1.29, 1.82) is 5.26 Å². The van der Waals surface area contributed by atoms with Crippen LogP contribution in [-0.2, 0) is 0 Å². The van der Waals surface area contributed by atoms with Crippen molar-refractivity contribution >= 4 is 11.3 Å². The zero-order chi connectivity index (χ0) is 8.55. The molecule has 2 nitrogen and oxygen atoms in total. The Balaban J connectivity index is 2.28. The molecule has 0 aromatic carbocycles. The molecule has 1 aliphatic rings. The number of aryl methyl sites for hydroxylation is 1. The molecule has 2 rings (SSSR count). The second-order valence-electron chi connectivity index (χ2n) is 3.21. The summed E-state index contributed by atoms with van der Waals surface area (Å²) in [6, 6.07) is 2.17. The first-order chi connectivity index (χ1) is 5.81. The summed E-state index contributed by atoms with van der Waals surface area (Å²) in [5, 5.41) is 9.90. The van der Waals surface area contributed by atoms with Crippen LogP contribution in [0.2, 0.25) is 0 Å². The molecule has 1 heterocycles. The maximum atomic E-state index is 8.72.